The Labute approximate surface area is 115 Å². The fraction of sp³-hybridized carbons (Fsp3) is 0.417. The van der Waals surface area contributed by atoms with Crippen LogP contribution >= 0.6 is 15.9 Å². The average Bonchev–Trinajstić information content (AvgIpc) is 2.61. The molecule has 1 amide bonds. The summed E-state index contributed by atoms with van der Waals surface area (Å²) in [6, 6.07) is 7.28. The van der Waals surface area contributed by atoms with E-state index >= 15 is 0 Å². The highest BCUT2D eigenvalue weighted by Gasteiger charge is 2.29. The first-order valence-electron chi connectivity index (χ1n) is 5.70. The first-order chi connectivity index (χ1) is 8.44. The van der Waals surface area contributed by atoms with E-state index in [1.807, 2.05) is 12.1 Å². The van der Waals surface area contributed by atoms with Crippen LogP contribution in [0.2, 0.25) is 0 Å². The first-order valence-corrected chi connectivity index (χ1v) is 8.32. The molecule has 1 N–H and O–H groups in total. The molecule has 0 unspecified atom stereocenters. The van der Waals surface area contributed by atoms with E-state index in [0.717, 1.165) is 10.2 Å². The molecule has 1 aliphatic rings. The number of rotatable bonds is 3. The lowest BCUT2D eigenvalue weighted by Gasteiger charge is -2.08. The normalized spacial score (nSPS) is 21.7. The van der Waals surface area contributed by atoms with E-state index < -0.39 is 9.84 Å². The Hall–Kier alpha value is -0.880. The van der Waals surface area contributed by atoms with E-state index in [-0.39, 0.29) is 29.8 Å². The third-order valence-electron chi connectivity index (χ3n) is 2.93. The zero-order valence-electron chi connectivity index (χ0n) is 9.73. The van der Waals surface area contributed by atoms with Gasteiger partial charge in [0.2, 0.25) is 5.91 Å². The molecule has 1 atom stereocenters. The quantitative estimate of drug-likeness (QED) is 0.923. The highest BCUT2D eigenvalue weighted by molar-refractivity contribution is 9.10. The van der Waals surface area contributed by atoms with Crippen LogP contribution in [0.15, 0.2) is 28.7 Å². The van der Waals surface area contributed by atoms with E-state index in [1.165, 1.54) is 0 Å². The molecule has 1 aromatic carbocycles. The number of hydrogen-bond donors (Lipinski definition) is 1. The summed E-state index contributed by atoms with van der Waals surface area (Å²) in [5, 5.41) is 2.77. The zero-order chi connectivity index (χ0) is 13.2. The number of halogens is 1. The fourth-order valence-electron chi connectivity index (χ4n) is 2.04. The van der Waals surface area contributed by atoms with Crippen molar-refractivity contribution in [2.24, 2.45) is 5.92 Å². The highest BCUT2D eigenvalue weighted by Crippen LogP contribution is 2.22. The van der Waals surface area contributed by atoms with Gasteiger partial charge in [-0.1, -0.05) is 15.9 Å². The van der Waals surface area contributed by atoms with Gasteiger partial charge >= 0.3 is 0 Å². The first kappa shape index (κ1) is 13.5. The fourth-order valence-corrected chi connectivity index (χ4v) is 4.17. The summed E-state index contributed by atoms with van der Waals surface area (Å²) in [6.45, 7) is 0. The van der Waals surface area contributed by atoms with E-state index in [1.54, 1.807) is 12.1 Å². The van der Waals surface area contributed by atoms with Gasteiger partial charge in [0.1, 0.15) is 0 Å². The Morgan fingerprint density at radius 3 is 2.56 bits per heavy atom. The molecule has 18 heavy (non-hydrogen) atoms. The van der Waals surface area contributed by atoms with Crippen LogP contribution in [-0.2, 0) is 14.6 Å². The van der Waals surface area contributed by atoms with Crippen LogP contribution in [0.5, 0.6) is 0 Å². The molecule has 2 rings (SSSR count). The molecule has 1 aliphatic heterocycles. The second-order valence-corrected chi connectivity index (χ2v) is 7.67. The van der Waals surface area contributed by atoms with Gasteiger partial charge in [0.05, 0.1) is 11.5 Å². The van der Waals surface area contributed by atoms with Gasteiger partial charge in [-0.25, -0.2) is 8.42 Å². The van der Waals surface area contributed by atoms with Gasteiger partial charge in [0, 0.05) is 16.6 Å². The van der Waals surface area contributed by atoms with Gasteiger partial charge in [-0.15, -0.1) is 0 Å². The number of anilines is 1. The van der Waals surface area contributed by atoms with Crippen LogP contribution < -0.4 is 5.32 Å². The molecule has 0 saturated carbocycles. The number of carbonyl (C=O) groups excluding carboxylic acids is 1. The molecule has 1 aromatic rings. The monoisotopic (exact) mass is 331 g/mol. The number of carbonyl (C=O) groups is 1. The maximum absolute atomic E-state index is 11.7. The minimum atomic E-state index is -2.91. The van der Waals surface area contributed by atoms with Crippen LogP contribution in [-0.4, -0.2) is 25.8 Å². The van der Waals surface area contributed by atoms with Gasteiger partial charge in [0.15, 0.2) is 9.84 Å². The molecule has 0 radical (unpaired) electrons. The van der Waals surface area contributed by atoms with Crippen molar-refractivity contribution >= 4 is 37.4 Å². The van der Waals surface area contributed by atoms with Gasteiger partial charge in [-0.05, 0) is 36.6 Å². The molecule has 1 heterocycles. The topological polar surface area (TPSA) is 63.2 Å². The standard InChI is InChI=1S/C12H14BrNO3S/c13-10-1-3-11(4-2-10)14-12(15)7-9-5-6-18(16,17)8-9/h1-4,9H,5-8H2,(H,14,15)/t9-/m0/s1. The van der Waals surface area contributed by atoms with Crippen molar-refractivity contribution in [3.8, 4) is 0 Å². The highest BCUT2D eigenvalue weighted by atomic mass is 79.9. The number of amides is 1. The Morgan fingerprint density at radius 1 is 1.33 bits per heavy atom. The summed E-state index contributed by atoms with van der Waals surface area (Å²) < 4.78 is 23.5. The summed E-state index contributed by atoms with van der Waals surface area (Å²) in [5.74, 6) is 0.189. The SMILES string of the molecule is O=C(C[C@@H]1CCS(=O)(=O)C1)Nc1ccc(Br)cc1. The van der Waals surface area contributed by atoms with Crippen molar-refractivity contribution in [2.75, 3.05) is 16.8 Å². The van der Waals surface area contributed by atoms with Crippen molar-refractivity contribution < 1.29 is 13.2 Å². The smallest absolute Gasteiger partial charge is 0.224 e. The number of sulfone groups is 1. The van der Waals surface area contributed by atoms with E-state index in [2.05, 4.69) is 21.2 Å². The maximum Gasteiger partial charge on any atom is 0.224 e. The molecular formula is C12H14BrNO3S. The minimum Gasteiger partial charge on any atom is -0.326 e. The average molecular weight is 332 g/mol. The van der Waals surface area contributed by atoms with E-state index in [0.29, 0.717) is 6.42 Å². The zero-order valence-corrected chi connectivity index (χ0v) is 12.1. The Kier molecular flexibility index (Phi) is 4.07. The Balaban J connectivity index is 1.88. The van der Waals surface area contributed by atoms with Crippen LogP contribution in [0.4, 0.5) is 5.69 Å². The number of nitrogens with one attached hydrogen (secondary N) is 1. The minimum absolute atomic E-state index is 0.0366. The summed E-state index contributed by atoms with van der Waals surface area (Å²) in [6.07, 6.45) is 0.866. The summed E-state index contributed by atoms with van der Waals surface area (Å²) in [5.41, 5.74) is 0.726. The summed E-state index contributed by atoms with van der Waals surface area (Å²) in [7, 11) is -2.91. The van der Waals surface area contributed by atoms with Gasteiger partial charge < -0.3 is 5.32 Å². The molecule has 0 aromatic heterocycles. The van der Waals surface area contributed by atoms with Crippen LogP contribution in [0.1, 0.15) is 12.8 Å². The van der Waals surface area contributed by atoms with Crippen molar-refractivity contribution in [1.29, 1.82) is 0 Å². The molecule has 0 bridgehead atoms. The van der Waals surface area contributed by atoms with E-state index in [4.69, 9.17) is 0 Å². The summed E-state index contributed by atoms with van der Waals surface area (Å²) >= 11 is 3.32. The van der Waals surface area contributed by atoms with Crippen molar-refractivity contribution in [1.82, 2.24) is 0 Å². The predicted octanol–water partition coefficient (Wildman–Crippen LogP) is 2.21. The molecular weight excluding hydrogens is 318 g/mol. The molecule has 0 spiro atoms. The largest absolute Gasteiger partial charge is 0.326 e. The number of hydrogen-bond acceptors (Lipinski definition) is 3. The molecule has 6 heteroatoms. The molecule has 98 valence electrons. The van der Waals surface area contributed by atoms with E-state index in [9.17, 15) is 13.2 Å². The maximum atomic E-state index is 11.7. The van der Waals surface area contributed by atoms with Crippen LogP contribution in [0.3, 0.4) is 0 Å². The lowest BCUT2D eigenvalue weighted by atomic mass is 10.1. The van der Waals surface area contributed by atoms with Crippen LogP contribution in [0.25, 0.3) is 0 Å². The number of benzene rings is 1. The molecule has 0 aliphatic carbocycles. The van der Waals surface area contributed by atoms with Crippen molar-refractivity contribution in [3.05, 3.63) is 28.7 Å². The summed E-state index contributed by atoms with van der Waals surface area (Å²) in [4.78, 5) is 11.7. The lowest BCUT2D eigenvalue weighted by Crippen LogP contribution is -2.17. The molecule has 1 saturated heterocycles. The second kappa shape index (κ2) is 5.40. The Morgan fingerprint density at radius 2 is 2.00 bits per heavy atom. The van der Waals surface area contributed by atoms with Crippen molar-refractivity contribution in [3.63, 3.8) is 0 Å². The second-order valence-electron chi connectivity index (χ2n) is 4.53. The Bertz CT molecular complexity index is 539. The van der Waals surface area contributed by atoms with Crippen LogP contribution in [0, 0.1) is 5.92 Å². The molecule has 1 fully saturated rings. The van der Waals surface area contributed by atoms with Gasteiger partial charge in [-0.2, -0.15) is 0 Å². The van der Waals surface area contributed by atoms with Crippen molar-refractivity contribution in [2.45, 2.75) is 12.8 Å². The molecule has 4 nitrogen and oxygen atoms in total. The van der Waals surface area contributed by atoms with Gasteiger partial charge in [0.25, 0.3) is 0 Å². The third kappa shape index (κ3) is 3.81. The third-order valence-corrected chi connectivity index (χ3v) is 5.29. The lowest BCUT2D eigenvalue weighted by molar-refractivity contribution is -0.116. The predicted molar refractivity (Wildman–Crippen MR) is 74.1 cm³/mol. The van der Waals surface area contributed by atoms with Gasteiger partial charge in [-0.3, -0.25) is 4.79 Å².